The largest absolute Gasteiger partial charge is 0.463 e. The molecule has 198 valence electrons. The van der Waals surface area contributed by atoms with Crippen molar-refractivity contribution < 1.29 is 22.7 Å². The zero-order chi connectivity index (χ0) is 26.7. The van der Waals surface area contributed by atoms with Gasteiger partial charge in [0.1, 0.15) is 0 Å². The second kappa shape index (κ2) is 11.0. The molecular weight excluding hydrogens is 492 g/mol. The molecular formula is C27H34N4O5S. The molecule has 2 aliphatic heterocycles. The van der Waals surface area contributed by atoms with E-state index in [0.29, 0.717) is 44.0 Å². The van der Waals surface area contributed by atoms with Gasteiger partial charge in [-0.15, -0.1) is 0 Å². The van der Waals surface area contributed by atoms with E-state index in [-0.39, 0.29) is 17.5 Å². The van der Waals surface area contributed by atoms with Crippen LogP contribution in [0.25, 0.3) is 0 Å². The third kappa shape index (κ3) is 5.71. The maximum Gasteiger partial charge on any atom is 0.338 e. The molecule has 0 radical (unpaired) electrons. The van der Waals surface area contributed by atoms with Gasteiger partial charge in [-0.05, 0) is 38.5 Å². The molecule has 1 fully saturated rings. The first-order chi connectivity index (χ1) is 17.6. The van der Waals surface area contributed by atoms with E-state index < -0.39 is 22.0 Å². The zero-order valence-electron chi connectivity index (χ0n) is 21.7. The number of hydrogen-bond acceptors (Lipinski definition) is 6. The summed E-state index contributed by atoms with van der Waals surface area (Å²) < 4.78 is 33.1. The molecule has 1 N–H and O–H groups in total. The second-order valence-corrected chi connectivity index (χ2v) is 11.4. The van der Waals surface area contributed by atoms with Crippen LogP contribution in [0.15, 0.2) is 64.7 Å². The molecule has 0 spiro atoms. The van der Waals surface area contributed by atoms with E-state index >= 15 is 0 Å². The minimum Gasteiger partial charge on any atom is -0.463 e. The summed E-state index contributed by atoms with van der Waals surface area (Å²) in [5.41, 5.74) is 3.81. The van der Waals surface area contributed by atoms with Gasteiger partial charge in [0.2, 0.25) is 10.0 Å². The van der Waals surface area contributed by atoms with Crippen LogP contribution in [-0.4, -0.2) is 80.9 Å². The van der Waals surface area contributed by atoms with Crippen molar-refractivity contribution in [1.82, 2.24) is 19.4 Å². The summed E-state index contributed by atoms with van der Waals surface area (Å²) in [6.07, 6.45) is 0. The Balaban J connectivity index is 1.58. The molecule has 2 aliphatic rings. The van der Waals surface area contributed by atoms with Crippen molar-refractivity contribution in [1.29, 1.82) is 0 Å². The fourth-order valence-electron chi connectivity index (χ4n) is 4.61. The van der Waals surface area contributed by atoms with Gasteiger partial charge in [-0.2, -0.15) is 4.31 Å². The summed E-state index contributed by atoms with van der Waals surface area (Å²) in [5.74, 6) is -0.476. The van der Waals surface area contributed by atoms with Crippen LogP contribution < -0.4 is 5.32 Å². The summed E-state index contributed by atoms with van der Waals surface area (Å²) in [4.78, 5) is 29.9. The average Bonchev–Trinajstić information content (AvgIpc) is 2.88. The number of sulfonamides is 1. The number of hydrogen-bond donors (Lipinski definition) is 1. The maximum atomic E-state index is 13.2. The lowest BCUT2D eigenvalue weighted by atomic mass is 9.93. The fraction of sp³-hybridized carbons (Fsp3) is 0.407. The normalized spacial score (nSPS) is 19.6. The Kier molecular flexibility index (Phi) is 8.01. The molecule has 2 aromatic carbocycles. The highest BCUT2D eigenvalue weighted by Crippen LogP contribution is 2.32. The highest BCUT2D eigenvalue weighted by atomic mass is 32.2. The Morgan fingerprint density at radius 3 is 2.11 bits per heavy atom. The van der Waals surface area contributed by atoms with Gasteiger partial charge in [-0.3, -0.25) is 9.80 Å². The predicted octanol–water partition coefficient (Wildman–Crippen LogP) is 2.82. The Hall–Kier alpha value is -3.21. The van der Waals surface area contributed by atoms with Gasteiger partial charge in [-0.25, -0.2) is 18.0 Å². The Morgan fingerprint density at radius 2 is 1.54 bits per heavy atom. The Bertz CT molecular complexity index is 1280. The van der Waals surface area contributed by atoms with Crippen LogP contribution in [-0.2, 0) is 19.6 Å². The monoisotopic (exact) mass is 526 g/mol. The lowest BCUT2D eigenvalue weighted by Gasteiger charge is -2.39. The molecule has 4 rings (SSSR count). The van der Waals surface area contributed by atoms with Crippen molar-refractivity contribution >= 4 is 22.0 Å². The number of nitrogens with zero attached hydrogens (tertiary/aromatic N) is 3. The van der Waals surface area contributed by atoms with Crippen molar-refractivity contribution in [3.63, 3.8) is 0 Å². The van der Waals surface area contributed by atoms with Crippen LogP contribution in [0.5, 0.6) is 0 Å². The van der Waals surface area contributed by atoms with Crippen LogP contribution >= 0.6 is 0 Å². The number of piperazine rings is 1. The second-order valence-electron chi connectivity index (χ2n) is 9.43. The number of carbonyl (C=O) groups is 2. The van der Waals surface area contributed by atoms with E-state index in [9.17, 15) is 18.0 Å². The van der Waals surface area contributed by atoms with Crippen LogP contribution in [0.1, 0.15) is 29.7 Å². The quantitative estimate of drug-likeness (QED) is 0.557. The maximum absolute atomic E-state index is 13.2. The number of aryl methyl sites for hydroxylation is 2. The molecule has 0 bridgehead atoms. The summed E-state index contributed by atoms with van der Waals surface area (Å²) in [5, 5.41) is 2.93. The first-order valence-electron chi connectivity index (χ1n) is 12.4. The van der Waals surface area contributed by atoms with Crippen molar-refractivity contribution in [2.24, 2.45) is 0 Å². The summed E-state index contributed by atoms with van der Waals surface area (Å²) in [7, 11) is -1.96. The molecule has 9 nitrogen and oxygen atoms in total. The SMILES string of the molecule is CCOC(=O)C1=C(CN2CCN(S(=O)(=O)c3ccc(C)cc3)CC2)N(C)C(=O)NC1c1ccc(C)cc1. The lowest BCUT2D eigenvalue weighted by molar-refractivity contribution is -0.139. The van der Waals surface area contributed by atoms with E-state index in [1.807, 2.05) is 38.1 Å². The fourth-order valence-corrected chi connectivity index (χ4v) is 6.03. The topological polar surface area (TPSA) is 99.3 Å². The number of likely N-dealkylation sites (N-methyl/N-ethyl adjacent to an activating group) is 1. The lowest BCUT2D eigenvalue weighted by Crippen LogP contribution is -2.53. The molecule has 1 unspecified atom stereocenters. The molecule has 37 heavy (non-hydrogen) atoms. The van der Waals surface area contributed by atoms with E-state index in [4.69, 9.17) is 4.74 Å². The van der Waals surface area contributed by atoms with Gasteiger partial charge >= 0.3 is 12.0 Å². The van der Waals surface area contributed by atoms with E-state index in [0.717, 1.165) is 16.7 Å². The minimum absolute atomic E-state index is 0.212. The molecule has 2 heterocycles. The number of carbonyl (C=O) groups excluding carboxylic acids is 2. The van der Waals surface area contributed by atoms with Crippen LogP contribution in [0.4, 0.5) is 4.79 Å². The van der Waals surface area contributed by atoms with E-state index in [1.165, 1.54) is 9.21 Å². The van der Waals surface area contributed by atoms with Crippen molar-refractivity contribution in [2.75, 3.05) is 46.4 Å². The third-order valence-corrected chi connectivity index (χ3v) is 8.76. The zero-order valence-corrected chi connectivity index (χ0v) is 22.5. The minimum atomic E-state index is -3.59. The summed E-state index contributed by atoms with van der Waals surface area (Å²) in [6, 6.07) is 13.6. The molecule has 0 aromatic heterocycles. The molecule has 10 heteroatoms. The average molecular weight is 527 g/mol. The number of benzene rings is 2. The van der Waals surface area contributed by atoms with Crippen LogP contribution in [0, 0.1) is 13.8 Å². The number of rotatable bonds is 7. The number of urea groups is 1. The molecule has 2 aromatic rings. The highest BCUT2D eigenvalue weighted by molar-refractivity contribution is 7.89. The molecule has 2 amide bonds. The number of nitrogens with one attached hydrogen (secondary N) is 1. The van der Waals surface area contributed by atoms with Gasteiger partial charge in [0.25, 0.3) is 0 Å². The summed E-state index contributed by atoms with van der Waals surface area (Å²) >= 11 is 0. The van der Waals surface area contributed by atoms with Gasteiger partial charge in [-0.1, -0.05) is 47.5 Å². The first kappa shape index (κ1) is 26.8. The highest BCUT2D eigenvalue weighted by Gasteiger charge is 2.38. The third-order valence-electron chi connectivity index (χ3n) is 6.85. The Labute approximate surface area is 218 Å². The first-order valence-corrected chi connectivity index (χ1v) is 13.9. The van der Waals surface area contributed by atoms with Crippen molar-refractivity contribution in [3.8, 4) is 0 Å². The van der Waals surface area contributed by atoms with Crippen LogP contribution in [0.2, 0.25) is 0 Å². The predicted molar refractivity (Wildman–Crippen MR) is 140 cm³/mol. The summed E-state index contributed by atoms with van der Waals surface area (Å²) in [6.45, 7) is 7.74. The van der Waals surface area contributed by atoms with Gasteiger partial charge in [0.15, 0.2) is 0 Å². The van der Waals surface area contributed by atoms with E-state index in [1.54, 1.807) is 38.2 Å². The number of ether oxygens (including phenoxy) is 1. The Morgan fingerprint density at radius 1 is 0.973 bits per heavy atom. The molecule has 1 saturated heterocycles. The van der Waals surface area contributed by atoms with E-state index in [2.05, 4.69) is 10.2 Å². The van der Waals surface area contributed by atoms with Crippen LogP contribution in [0.3, 0.4) is 0 Å². The molecule has 0 saturated carbocycles. The standard InChI is InChI=1S/C27H34N4O5S/c1-5-36-26(32)24-23(29(4)27(33)28-25(24)21-10-6-19(2)7-11-21)18-30-14-16-31(17-15-30)37(34,35)22-12-8-20(3)9-13-22/h6-13,25H,5,14-18H2,1-4H3,(H,28,33). The molecule has 1 atom stereocenters. The number of amides is 2. The number of esters is 1. The van der Waals surface area contributed by atoms with Gasteiger partial charge < -0.3 is 10.1 Å². The van der Waals surface area contributed by atoms with Gasteiger partial charge in [0.05, 0.1) is 23.1 Å². The van der Waals surface area contributed by atoms with Crippen molar-refractivity contribution in [2.45, 2.75) is 31.7 Å². The molecule has 0 aliphatic carbocycles. The van der Waals surface area contributed by atoms with Gasteiger partial charge in [0, 0.05) is 45.5 Å². The smallest absolute Gasteiger partial charge is 0.338 e. The van der Waals surface area contributed by atoms with Crippen molar-refractivity contribution in [3.05, 3.63) is 76.5 Å².